The van der Waals surface area contributed by atoms with E-state index in [9.17, 15) is 9.59 Å². The molecule has 100 valence electrons. The molecule has 0 bridgehead atoms. The van der Waals surface area contributed by atoms with Crippen LogP contribution in [-0.2, 0) is 4.79 Å². The molecule has 8 heteroatoms. The molecule has 0 aliphatic carbocycles. The summed E-state index contributed by atoms with van der Waals surface area (Å²) in [5.41, 5.74) is 0. The lowest BCUT2D eigenvalue weighted by Crippen LogP contribution is -2.40. The first-order valence-corrected chi connectivity index (χ1v) is 5.91. The summed E-state index contributed by atoms with van der Waals surface area (Å²) in [6.07, 6.45) is -1.01. The first-order valence-electron chi connectivity index (χ1n) is 5.12. The lowest BCUT2D eigenvalue weighted by Gasteiger charge is -2.09. The first kappa shape index (κ1) is 14.7. The molecule has 1 rings (SSSR count). The molecule has 1 atom stereocenters. The van der Waals surface area contributed by atoms with Crippen LogP contribution in [0.3, 0.4) is 0 Å². The van der Waals surface area contributed by atoms with Gasteiger partial charge in [0, 0.05) is 6.54 Å². The molecule has 4 N–H and O–H groups in total. The van der Waals surface area contributed by atoms with Gasteiger partial charge in [-0.15, -0.1) is 0 Å². The van der Waals surface area contributed by atoms with Crippen molar-refractivity contribution in [1.82, 2.24) is 10.6 Å². The van der Waals surface area contributed by atoms with Crippen molar-refractivity contribution >= 4 is 27.7 Å². The Bertz CT molecular complexity index is 420. The number of nitrogens with one attached hydrogen (secondary N) is 2. The van der Waals surface area contributed by atoms with Crippen molar-refractivity contribution in [3.63, 3.8) is 0 Å². The van der Waals surface area contributed by atoms with Gasteiger partial charge in [-0.25, -0.2) is 0 Å². The molecule has 0 fully saturated rings. The minimum Gasteiger partial charge on any atom is -0.444 e. The molecule has 0 aliphatic heterocycles. The Kier molecular flexibility index (Phi) is 5.83. The van der Waals surface area contributed by atoms with Crippen LogP contribution in [-0.4, -0.2) is 47.8 Å². The first-order chi connectivity index (χ1) is 8.52. The molecule has 0 spiro atoms. The van der Waals surface area contributed by atoms with E-state index in [0.717, 1.165) is 0 Å². The lowest BCUT2D eigenvalue weighted by atomic mass is 10.3. The van der Waals surface area contributed by atoms with E-state index >= 15 is 0 Å². The van der Waals surface area contributed by atoms with Crippen LogP contribution >= 0.6 is 15.9 Å². The second-order valence-corrected chi connectivity index (χ2v) is 4.21. The van der Waals surface area contributed by atoms with Gasteiger partial charge in [0.25, 0.3) is 5.91 Å². The number of aliphatic hydroxyl groups is 2. The average Bonchev–Trinajstić information content (AvgIpc) is 2.79. The largest absolute Gasteiger partial charge is 0.444 e. The van der Waals surface area contributed by atoms with Crippen molar-refractivity contribution in [1.29, 1.82) is 0 Å². The van der Waals surface area contributed by atoms with Gasteiger partial charge in [-0.2, -0.15) is 0 Å². The molecular weight excluding hydrogens is 308 g/mol. The van der Waals surface area contributed by atoms with Crippen molar-refractivity contribution in [2.75, 3.05) is 19.7 Å². The summed E-state index contributed by atoms with van der Waals surface area (Å²) >= 11 is 3.05. The SMILES string of the molecule is O=C(CNC(=O)c1ccc(Br)o1)NCC(O)CO. The van der Waals surface area contributed by atoms with E-state index in [2.05, 4.69) is 26.6 Å². The minimum atomic E-state index is -1.01. The molecule has 2 amide bonds. The molecule has 18 heavy (non-hydrogen) atoms. The van der Waals surface area contributed by atoms with E-state index in [1.807, 2.05) is 0 Å². The molecule has 7 nitrogen and oxygen atoms in total. The number of hydrogen-bond acceptors (Lipinski definition) is 5. The third kappa shape index (κ3) is 4.86. The minimum absolute atomic E-state index is 0.0719. The Balaban J connectivity index is 2.28. The van der Waals surface area contributed by atoms with E-state index in [-0.39, 0.29) is 18.8 Å². The van der Waals surface area contributed by atoms with Crippen molar-refractivity contribution in [3.05, 3.63) is 22.6 Å². The van der Waals surface area contributed by atoms with Gasteiger partial charge < -0.3 is 25.3 Å². The maximum absolute atomic E-state index is 11.5. The Morgan fingerprint density at radius 2 is 2.11 bits per heavy atom. The molecule has 0 saturated heterocycles. The number of carbonyl (C=O) groups is 2. The summed E-state index contributed by atoms with van der Waals surface area (Å²) < 4.78 is 5.41. The summed E-state index contributed by atoms with van der Waals surface area (Å²) in [5, 5.41) is 22.2. The highest BCUT2D eigenvalue weighted by atomic mass is 79.9. The fraction of sp³-hybridized carbons (Fsp3) is 0.400. The average molecular weight is 321 g/mol. The van der Waals surface area contributed by atoms with E-state index in [1.165, 1.54) is 6.07 Å². The number of rotatable bonds is 6. The lowest BCUT2D eigenvalue weighted by molar-refractivity contribution is -0.120. The summed E-state index contributed by atoms with van der Waals surface area (Å²) in [4.78, 5) is 22.7. The van der Waals surface area contributed by atoms with Crippen LogP contribution in [0.15, 0.2) is 21.2 Å². The van der Waals surface area contributed by atoms with E-state index in [4.69, 9.17) is 14.6 Å². The number of carbonyl (C=O) groups excluding carboxylic acids is 2. The van der Waals surface area contributed by atoms with Gasteiger partial charge >= 0.3 is 0 Å². The molecule has 0 aromatic carbocycles. The normalized spacial score (nSPS) is 11.9. The predicted molar refractivity (Wildman–Crippen MR) is 64.8 cm³/mol. The Labute approximate surface area is 111 Å². The number of amides is 2. The van der Waals surface area contributed by atoms with Gasteiger partial charge in [0.2, 0.25) is 5.91 Å². The molecule has 0 saturated carbocycles. The van der Waals surface area contributed by atoms with Gasteiger partial charge in [-0.3, -0.25) is 9.59 Å². The Hall–Kier alpha value is -1.38. The number of aliphatic hydroxyl groups excluding tert-OH is 2. The fourth-order valence-corrected chi connectivity index (χ4v) is 1.35. The van der Waals surface area contributed by atoms with Gasteiger partial charge in [-0.1, -0.05) is 0 Å². The topological polar surface area (TPSA) is 112 Å². The molecule has 1 heterocycles. The van der Waals surface area contributed by atoms with Gasteiger partial charge in [-0.05, 0) is 28.1 Å². The van der Waals surface area contributed by atoms with Crippen LogP contribution in [0.1, 0.15) is 10.6 Å². The van der Waals surface area contributed by atoms with Gasteiger partial charge in [0.1, 0.15) is 0 Å². The van der Waals surface area contributed by atoms with Crippen LogP contribution in [0.25, 0.3) is 0 Å². The zero-order chi connectivity index (χ0) is 13.5. The van der Waals surface area contributed by atoms with Gasteiger partial charge in [0.15, 0.2) is 10.4 Å². The summed E-state index contributed by atoms with van der Waals surface area (Å²) in [6.45, 7) is -0.750. The van der Waals surface area contributed by atoms with Crippen LogP contribution in [0, 0.1) is 0 Å². The highest BCUT2D eigenvalue weighted by Gasteiger charge is 2.12. The van der Waals surface area contributed by atoms with Crippen LogP contribution in [0.5, 0.6) is 0 Å². The van der Waals surface area contributed by atoms with Gasteiger partial charge in [0.05, 0.1) is 19.3 Å². The molecule has 1 aromatic rings. The van der Waals surface area contributed by atoms with Crippen LogP contribution < -0.4 is 10.6 Å². The third-order valence-electron chi connectivity index (χ3n) is 1.95. The van der Waals surface area contributed by atoms with Crippen molar-refractivity contribution < 1.29 is 24.2 Å². The monoisotopic (exact) mass is 320 g/mol. The van der Waals surface area contributed by atoms with Crippen molar-refractivity contribution in [2.45, 2.75) is 6.10 Å². The Morgan fingerprint density at radius 3 is 2.67 bits per heavy atom. The second-order valence-electron chi connectivity index (χ2n) is 3.43. The molecule has 0 aliphatic rings. The van der Waals surface area contributed by atoms with E-state index < -0.39 is 24.5 Å². The summed E-state index contributed by atoms with van der Waals surface area (Å²) in [5.74, 6) is -0.898. The highest BCUT2D eigenvalue weighted by Crippen LogP contribution is 2.13. The maximum atomic E-state index is 11.5. The molecular formula is C10H13BrN2O5. The quantitative estimate of drug-likeness (QED) is 0.550. The van der Waals surface area contributed by atoms with Crippen LogP contribution in [0.4, 0.5) is 0 Å². The van der Waals surface area contributed by atoms with Crippen molar-refractivity contribution in [2.24, 2.45) is 0 Å². The van der Waals surface area contributed by atoms with Crippen LogP contribution in [0.2, 0.25) is 0 Å². The second kappa shape index (κ2) is 7.14. The number of hydrogen-bond donors (Lipinski definition) is 4. The summed E-state index contributed by atoms with van der Waals surface area (Å²) in [7, 11) is 0. The standard InChI is InChI=1S/C10H13BrN2O5/c11-8-2-1-7(18-8)10(17)13-4-9(16)12-3-6(15)5-14/h1-2,6,14-15H,3-5H2,(H,12,16)(H,13,17). The predicted octanol–water partition coefficient (Wildman–Crippen LogP) is -0.759. The number of halogens is 1. The fourth-order valence-electron chi connectivity index (χ4n) is 1.04. The summed E-state index contributed by atoms with van der Waals surface area (Å²) in [6, 6.07) is 3.03. The molecule has 0 radical (unpaired) electrons. The van der Waals surface area contributed by atoms with E-state index in [0.29, 0.717) is 4.67 Å². The Morgan fingerprint density at radius 1 is 1.39 bits per heavy atom. The molecule has 1 unspecified atom stereocenters. The van der Waals surface area contributed by atoms with E-state index in [1.54, 1.807) is 6.07 Å². The number of furan rings is 1. The van der Waals surface area contributed by atoms with Crippen molar-refractivity contribution in [3.8, 4) is 0 Å². The highest BCUT2D eigenvalue weighted by molar-refractivity contribution is 9.10. The molecule has 1 aromatic heterocycles. The zero-order valence-electron chi connectivity index (χ0n) is 9.35. The zero-order valence-corrected chi connectivity index (χ0v) is 10.9. The smallest absolute Gasteiger partial charge is 0.287 e. The third-order valence-corrected chi connectivity index (χ3v) is 2.38. The maximum Gasteiger partial charge on any atom is 0.287 e.